The number of anilines is 1. The minimum absolute atomic E-state index is 0.0825. The second kappa shape index (κ2) is 12.6. The van der Waals surface area contributed by atoms with Crippen molar-refractivity contribution in [3.8, 4) is 33.8 Å². The quantitative estimate of drug-likeness (QED) is 0.136. The van der Waals surface area contributed by atoms with Gasteiger partial charge in [0, 0.05) is 34.5 Å². The third kappa shape index (κ3) is 5.93. The van der Waals surface area contributed by atoms with Crippen LogP contribution in [0, 0.1) is 0 Å². The van der Waals surface area contributed by atoms with Crippen molar-refractivity contribution in [1.82, 2.24) is 19.7 Å². The highest BCUT2D eigenvalue weighted by molar-refractivity contribution is 7.99. The van der Waals surface area contributed by atoms with Gasteiger partial charge in [-0.3, -0.25) is 4.79 Å². The van der Waals surface area contributed by atoms with Crippen LogP contribution >= 0.6 is 23.1 Å². The second-order valence-electron chi connectivity index (χ2n) is 9.58. The van der Waals surface area contributed by atoms with Gasteiger partial charge in [0.05, 0.1) is 23.6 Å². The number of pyridine rings is 1. The summed E-state index contributed by atoms with van der Waals surface area (Å²) in [5.74, 6) is 0.0263. The molecule has 214 valence electrons. The number of aromatic nitrogens is 4. The summed E-state index contributed by atoms with van der Waals surface area (Å²) >= 11 is 2.57. The van der Waals surface area contributed by atoms with E-state index in [0.29, 0.717) is 21.5 Å². The maximum atomic E-state index is 13.1. The Bertz CT molecular complexity index is 1920. The van der Waals surface area contributed by atoms with Gasteiger partial charge in [0.1, 0.15) is 10.6 Å². The van der Waals surface area contributed by atoms with Crippen LogP contribution in [-0.4, -0.2) is 44.0 Å². The Hall–Kier alpha value is -4.80. The number of hydrogen-bond acceptors (Lipinski definition) is 8. The molecule has 1 amide bonds. The van der Waals surface area contributed by atoms with E-state index >= 15 is 0 Å². The number of para-hydroxylation sites is 1. The molecule has 0 spiro atoms. The number of carbonyl (C=O) groups is 2. The number of carbonyl (C=O) groups excluding carboxylic acids is 2. The van der Waals surface area contributed by atoms with Gasteiger partial charge in [-0.2, -0.15) is 0 Å². The van der Waals surface area contributed by atoms with E-state index in [9.17, 15) is 9.59 Å². The highest BCUT2D eigenvalue weighted by Crippen LogP contribution is 2.37. The smallest absolute Gasteiger partial charge is 0.341 e. The third-order valence-electron chi connectivity index (χ3n) is 6.80. The molecule has 0 atom stereocenters. The number of fused-ring (bicyclic) bond motifs is 1. The summed E-state index contributed by atoms with van der Waals surface area (Å²) < 4.78 is 7.20. The maximum Gasteiger partial charge on any atom is 0.341 e. The van der Waals surface area contributed by atoms with Crippen molar-refractivity contribution >= 4 is 50.9 Å². The summed E-state index contributed by atoms with van der Waals surface area (Å²) in [6.07, 6.45) is 0. The monoisotopic (exact) mass is 605 g/mol. The topological polar surface area (TPSA) is 99.0 Å². The Morgan fingerprint density at radius 3 is 2.35 bits per heavy atom. The molecule has 0 fully saturated rings. The Morgan fingerprint density at radius 1 is 0.907 bits per heavy atom. The number of nitrogens with one attached hydrogen (secondary N) is 1. The van der Waals surface area contributed by atoms with Crippen LogP contribution in [0.2, 0.25) is 0 Å². The summed E-state index contributed by atoms with van der Waals surface area (Å²) in [4.78, 5) is 30.8. The largest absolute Gasteiger partial charge is 0.462 e. The molecule has 3 aromatic carbocycles. The van der Waals surface area contributed by atoms with Gasteiger partial charge in [-0.1, -0.05) is 90.6 Å². The Labute approximate surface area is 256 Å². The van der Waals surface area contributed by atoms with Crippen LogP contribution in [0.5, 0.6) is 0 Å². The molecule has 0 radical (unpaired) electrons. The SMILES string of the molecule is CCOC(=O)c1c(-c2ccccc2)csc1NC(=O)CSc1nnc(-c2cc(-c3ccccc3)nc3ccccc23)n1C. The van der Waals surface area contributed by atoms with E-state index in [1.807, 2.05) is 108 Å². The van der Waals surface area contributed by atoms with Crippen molar-refractivity contribution in [1.29, 1.82) is 0 Å². The van der Waals surface area contributed by atoms with E-state index in [1.165, 1.54) is 23.1 Å². The van der Waals surface area contributed by atoms with Crippen molar-refractivity contribution < 1.29 is 14.3 Å². The first-order chi connectivity index (χ1) is 21.0. The van der Waals surface area contributed by atoms with Crippen molar-refractivity contribution in [3.63, 3.8) is 0 Å². The minimum atomic E-state index is -0.469. The molecule has 3 aromatic heterocycles. The first-order valence-corrected chi connectivity index (χ1v) is 15.5. The molecule has 0 aliphatic carbocycles. The first-order valence-electron chi connectivity index (χ1n) is 13.6. The van der Waals surface area contributed by atoms with Crippen molar-refractivity contribution in [3.05, 3.63) is 102 Å². The lowest BCUT2D eigenvalue weighted by Crippen LogP contribution is -2.16. The fraction of sp³-hybridized carbons (Fsp3) is 0.121. The molecule has 0 aliphatic heterocycles. The average Bonchev–Trinajstić information content (AvgIpc) is 3.63. The van der Waals surface area contributed by atoms with Crippen LogP contribution in [-0.2, 0) is 16.6 Å². The Morgan fingerprint density at radius 2 is 1.60 bits per heavy atom. The lowest BCUT2D eigenvalue weighted by Gasteiger charge is -2.10. The molecule has 6 aromatic rings. The van der Waals surface area contributed by atoms with Crippen molar-refractivity contribution in [2.45, 2.75) is 12.1 Å². The zero-order valence-corrected chi connectivity index (χ0v) is 25.1. The number of ether oxygens (including phenoxy) is 1. The van der Waals surface area contributed by atoms with Crippen molar-refractivity contribution in [2.75, 3.05) is 17.7 Å². The predicted molar refractivity (Wildman–Crippen MR) is 172 cm³/mol. The molecule has 1 N–H and O–H groups in total. The number of esters is 1. The lowest BCUT2D eigenvalue weighted by atomic mass is 10.0. The van der Waals surface area contributed by atoms with E-state index in [1.54, 1.807) is 6.92 Å². The number of hydrogen-bond donors (Lipinski definition) is 1. The molecule has 3 heterocycles. The van der Waals surface area contributed by atoms with Gasteiger partial charge in [-0.05, 0) is 24.6 Å². The van der Waals surface area contributed by atoms with E-state index < -0.39 is 5.97 Å². The van der Waals surface area contributed by atoms with Crippen LogP contribution in [0.1, 0.15) is 17.3 Å². The molecule has 0 bridgehead atoms. The predicted octanol–water partition coefficient (Wildman–Crippen LogP) is 7.33. The number of amides is 1. The summed E-state index contributed by atoms with van der Waals surface area (Å²) in [5, 5.41) is 15.7. The van der Waals surface area contributed by atoms with Gasteiger partial charge in [0.2, 0.25) is 5.91 Å². The molecule has 6 rings (SSSR count). The number of rotatable bonds is 9. The maximum absolute atomic E-state index is 13.1. The summed E-state index contributed by atoms with van der Waals surface area (Å²) in [6, 6.07) is 29.6. The molecular weight excluding hydrogens is 579 g/mol. The van der Waals surface area contributed by atoms with Gasteiger partial charge in [0.15, 0.2) is 11.0 Å². The zero-order valence-electron chi connectivity index (χ0n) is 23.5. The highest BCUT2D eigenvalue weighted by Gasteiger charge is 2.23. The lowest BCUT2D eigenvalue weighted by molar-refractivity contribution is -0.113. The number of nitrogens with zero attached hydrogens (tertiary/aromatic N) is 4. The summed E-state index contributed by atoms with van der Waals surface area (Å²) in [5.41, 5.74) is 5.58. The second-order valence-corrected chi connectivity index (χ2v) is 11.4. The Balaban J connectivity index is 1.23. The standard InChI is InChI=1S/C33H27N5O3S2/c1-3-41-32(40)29-25(21-12-6-4-7-13-21)19-42-31(29)35-28(39)20-43-33-37-36-30(38(33)2)24-18-27(22-14-8-5-9-15-22)34-26-17-11-10-16-23(24)26/h4-19H,3,20H2,1-2H3,(H,35,39). The normalized spacial score (nSPS) is 11.0. The van der Waals surface area contributed by atoms with E-state index in [4.69, 9.17) is 9.72 Å². The third-order valence-corrected chi connectivity index (χ3v) is 8.72. The first kappa shape index (κ1) is 28.3. The molecule has 8 nitrogen and oxygen atoms in total. The molecular formula is C33H27N5O3S2. The minimum Gasteiger partial charge on any atom is -0.462 e. The van der Waals surface area contributed by atoms with Crippen LogP contribution < -0.4 is 5.32 Å². The molecule has 0 unspecified atom stereocenters. The van der Waals surface area contributed by atoms with Gasteiger partial charge < -0.3 is 14.6 Å². The van der Waals surface area contributed by atoms with E-state index in [-0.39, 0.29) is 18.3 Å². The number of thiophene rings is 1. The van der Waals surface area contributed by atoms with Gasteiger partial charge in [-0.15, -0.1) is 21.5 Å². The van der Waals surface area contributed by atoms with Crippen LogP contribution in [0.4, 0.5) is 5.00 Å². The molecule has 10 heteroatoms. The molecule has 43 heavy (non-hydrogen) atoms. The number of benzene rings is 3. The van der Waals surface area contributed by atoms with E-state index in [0.717, 1.165) is 38.9 Å². The summed E-state index contributed by atoms with van der Waals surface area (Å²) in [7, 11) is 1.89. The number of thioether (sulfide) groups is 1. The average molecular weight is 606 g/mol. The van der Waals surface area contributed by atoms with Crippen LogP contribution in [0.15, 0.2) is 102 Å². The fourth-order valence-corrected chi connectivity index (χ4v) is 6.46. The van der Waals surface area contributed by atoms with E-state index in [2.05, 4.69) is 15.5 Å². The van der Waals surface area contributed by atoms with Gasteiger partial charge in [-0.25, -0.2) is 9.78 Å². The summed E-state index contributed by atoms with van der Waals surface area (Å²) in [6.45, 7) is 1.99. The molecule has 0 aliphatic rings. The van der Waals surface area contributed by atoms with Crippen molar-refractivity contribution in [2.24, 2.45) is 7.05 Å². The Kier molecular flexibility index (Phi) is 8.30. The van der Waals surface area contributed by atoms with Gasteiger partial charge in [0.25, 0.3) is 0 Å². The van der Waals surface area contributed by atoms with Gasteiger partial charge >= 0.3 is 5.97 Å². The molecule has 0 saturated carbocycles. The highest BCUT2D eigenvalue weighted by atomic mass is 32.2. The zero-order chi connectivity index (χ0) is 29.8. The molecule has 0 saturated heterocycles. The van der Waals surface area contributed by atoms with Crippen LogP contribution in [0.3, 0.4) is 0 Å². The fourth-order valence-electron chi connectivity index (χ4n) is 4.77. The van der Waals surface area contributed by atoms with Crippen LogP contribution in [0.25, 0.3) is 44.7 Å².